The van der Waals surface area contributed by atoms with E-state index in [2.05, 4.69) is 0 Å². The second-order valence-electron chi connectivity index (χ2n) is 3.73. The minimum Gasteiger partial charge on any atom is -0.329 e. The summed E-state index contributed by atoms with van der Waals surface area (Å²) in [7, 11) is 0. The van der Waals surface area contributed by atoms with Crippen molar-refractivity contribution in [3.8, 4) is 0 Å². The number of carbonyl (C=O) groups is 1. The van der Waals surface area contributed by atoms with Crippen LogP contribution in [0, 0.1) is 0 Å². The number of nitrogens with zero attached hydrogens (tertiary/aromatic N) is 1. The zero-order valence-corrected chi connectivity index (χ0v) is 10.00. The summed E-state index contributed by atoms with van der Waals surface area (Å²) >= 11 is 0. The molecule has 18 heavy (non-hydrogen) atoms. The number of rotatable bonds is 4. The Hall–Kier alpha value is -1.56. The molecule has 1 rings (SSSR count). The van der Waals surface area contributed by atoms with Crippen LogP contribution in [0.25, 0.3) is 0 Å². The summed E-state index contributed by atoms with van der Waals surface area (Å²) in [4.78, 5) is 12.1. The van der Waals surface area contributed by atoms with Crippen molar-refractivity contribution in [3.05, 3.63) is 29.8 Å². The average molecular weight is 260 g/mol. The lowest BCUT2D eigenvalue weighted by Crippen LogP contribution is -2.44. The van der Waals surface area contributed by atoms with Crippen molar-refractivity contribution in [3.63, 3.8) is 0 Å². The Morgan fingerprint density at radius 3 is 2.44 bits per heavy atom. The van der Waals surface area contributed by atoms with Crippen LogP contribution in [0.4, 0.5) is 18.9 Å². The summed E-state index contributed by atoms with van der Waals surface area (Å²) in [5.41, 5.74) is 6.23. The number of halogens is 3. The van der Waals surface area contributed by atoms with Gasteiger partial charge < -0.3 is 10.6 Å². The molecule has 0 bridgehead atoms. The van der Waals surface area contributed by atoms with Gasteiger partial charge in [0.2, 0.25) is 0 Å². The standard InChI is InChI=1S/C12H15F3N2O/c1-2-9-5-3-4-6-10(9)17(8-7-16)11(18)12(13,14)15/h3-6H,2,7-8,16H2,1H3. The van der Waals surface area contributed by atoms with Gasteiger partial charge in [-0.25, -0.2) is 0 Å². The molecule has 0 atom stereocenters. The van der Waals surface area contributed by atoms with Crippen LogP contribution in [0.5, 0.6) is 0 Å². The first-order valence-electron chi connectivity index (χ1n) is 5.58. The molecule has 0 aromatic heterocycles. The molecule has 0 heterocycles. The van der Waals surface area contributed by atoms with E-state index >= 15 is 0 Å². The first-order chi connectivity index (χ1) is 8.41. The second-order valence-corrected chi connectivity index (χ2v) is 3.73. The largest absolute Gasteiger partial charge is 0.471 e. The molecule has 0 radical (unpaired) electrons. The number of carbonyl (C=O) groups excluding carboxylic acids is 1. The Balaban J connectivity index is 3.16. The fraction of sp³-hybridized carbons (Fsp3) is 0.417. The van der Waals surface area contributed by atoms with E-state index in [0.717, 1.165) is 0 Å². The third kappa shape index (κ3) is 3.22. The lowest BCUT2D eigenvalue weighted by atomic mass is 10.1. The third-order valence-corrected chi connectivity index (χ3v) is 2.50. The number of aryl methyl sites for hydroxylation is 1. The fourth-order valence-corrected chi connectivity index (χ4v) is 1.69. The Labute approximate surface area is 103 Å². The molecule has 1 amide bonds. The molecule has 0 aliphatic rings. The average Bonchev–Trinajstić information content (AvgIpc) is 2.34. The molecule has 0 unspecified atom stereocenters. The first kappa shape index (κ1) is 14.5. The highest BCUT2D eigenvalue weighted by Gasteiger charge is 2.43. The number of benzene rings is 1. The van der Waals surface area contributed by atoms with E-state index in [1.54, 1.807) is 18.2 Å². The van der Waals surface area contributed by atoms with E-state index in [9.17, 15) is 18.0 Å². The molecule has 0 aliphatic carbocycles. The summed E-state index contributed by atoms with van der Waals surface area (Å²) in [6.45, 7) is 1.63. The third-order valence-electron chi connectivity index (χ3n) is 2.50. The number of nitrogens with two attached hydrogens (primary N) is 1. The maximum atomic E-state index is 12.5. The lowest BCUT2D eigenvalue weighted by Gasteiger charge is -2.25. The van der Waals surface area contributed by atoms with E-state index in [1.165, 1.54) is 6.07 Å². The highest BCUT2D eigenvalue weighted by atomic mass is 19.4. The summed E-state index contributed by atoms with van der Waals surface area (Å²) in [5.74, 6) is -1.88. The highest BCUT2D eigenvalue weighted by molar-refractivity contribution is 5.97. The molecule has 0 saturated carbocycles. The quantitative estimate of drug-likeness (QED) is 0.901. The van der Waals surface area contributed by atoms with Crippen molar-refractivity contribution in [2.24, 2.45) is 5.73 Å². The second kappa shape index (κ2) is 5.86. The first-order valence-corrected chi connectivity index (χ1v) is 5.58. The fourth-order valence-electron chi connectivity index (χ4n) is 1.69. The van der Waals surface area contributed by atoms with Gasteiger partial charge in [0.25, 0.3) is 0 Å². The van der Waals surface area contributed by atoms with Gasteiger partial charge in [-0.1, -0.05) is 25.1 Å². The molecule has 0 aliphatic heterocycles. The number of para-hydroxylation sites is 1. The molecule has 1 aromatic rings. The molecule has 2 N–H and O–H groups in total. The van der Waals surface area contributed by atoms with Crippen LogP contribution in [0.1, 0.15) is 12.5 Å². The molecule has 0 saturated heterocycles. The van der Waals surface area contributed by atoms with Gasteiger partial charge in [-0.3, -0.25) is 4.79 Å². The predicted molar refractivity (Wildman–Crippen MR) is 63.3 cm³/mol. The summed E-state index contributed by atoms with van der Waals surface area (Å²) < 4.78 is 37.5. The minimum atomic E-state index is -4.89. The number of amides is 1. The topological polar surface area (TPSA) is 46.3 Å². The van der Waals surface area contributed by atoms with E-state index in [4.69, 9.17) is 5.73 Å². The van der Waals surface area contributed by atoms with Gasteiger partial charge in [-0.15, -0.1) is 0 Å². The molecular formula is C12H15F3N2O. The number of anilines is 1. The predicted octanol–water partition coefficient (Wildman–Crippen LogP) is 2.10. The maximum absolute atomic E-state index is 12.5. The van der Waals surface area contributed by atoms with Gasteiger partial charge in [0.15, 0.2) is 0 Å². The van der Waals surface area contributed by atoms with Crippen LogP contribution >= 0.6 is 0 Å². The van der Waals surface area contributed by atoms with E-state index < -0.39 is 12.1 Å². The Morgan fingerprint density at radius 2 is 1.94 bits per heavy atom. The highest BCUT2D eigenvalue weighted by Crippen LogP contribution is 2.26. The molecule has 100 valence electrons. The van der Waals surface area contributed by atoms with Crippen molar-refractivity contribution in [1.82, 2.24) is 0 Å². The van der Waals surface area contributed by atoms with Crippen LogP contribution in [-0.2, 0) is 11.2 Å². The van der Waals surface area contributed by atoms with E-state index in [-0.39, 0.29) is 18.8 Å². The Bertz CT molecular complexity index is 418. The van der Waals surface area contributed by atoms with Gasteiger partial charge >= 0.3 is 12.1 Å². The van der Waals surface area contributed by atoms with Crippen molar-refractivity contribution < 1.29 is 18.0 Å². The van der Waals surface area contributed by atoms with Crippen LogP contribution in [0.3, 0.4) is 0 Å². The monoisotopic (exact) mass is 260 g/mol. The van der Waals surface area contributed by atoms with Gasteiger partial charge in [-0.2, -0.15) is 13.2 Å². The minimum absolute atomic E-state index is 0.0279. The van der Waals surface area contributed by atoms with Crippen LogP contribution in [-0.4, -0.2) is 25.2 Å². The van der Waals surface area contributed by atoms with Gasteiger partial charge in [0.05, 0.1) is 0 Å². The van der Waals surface area contributed by atoms with Crippen LogP contribution < -0.4 is 10.6 Å². The van der Waals surface area contributed by atoms with Crippen LogP contribution in [0.2, 0.25) is 0 Å². The molecule has 0 spiro atoms. The van der Waals surface area contributed by atoms with Crippen molar-refractivity contribution in [2.45, 2.75) is 19.5 Å². The number of hydrogen-bond donors (Lipinski definition) is 1. The number of alkyl halides is 3. The SMILES string of the molecule is CCc1ccccc1N(CCN)C(=O)C(F)(F)F. The normalized spacial score (nSPS) is 11.4. The lowest BCUT2D eigenvalue weighted by molar-refractivity contribution is -0.170. The van der Waals surface area contributed by atoms with E-state index in [0.29, 0.717) is 16.9 Å². The van der Waals surface area contributed by atoms with Crippen molar-refractivity contribution in [2.75, 3.05) is 18.0 Å². The van der Waals surface area contributed by atoms with Crippen LogP contribution in [0.15, 0.2) is 24.3 Å². The van der Waals surface area contributed by atoms with Crippen molar-refractivity contribution in [1.29, 1.82) is 0 Å². The molecule has 6 heteroatoms. The summed E-state index contributed by atoms with van der Waals surface area (Å²) in [5, 5.41) is 0. The van der Waals surface area contributed by atoms with Gasteiger partial charge in [0.1, 0.15) is 0 Å². The summed E-state index contributed by atoms with van der Waals surface area (Å²) in [6, 6.07) is 6.52. The zero-order valence-electron chi connectivity index (χ0n) is 10.00. The Kier molecular flexibility index (Phi) is 4.72. The van der Waals surface area contributed by atoms with Gasteiger partial charge in [0, 0.05) is 18.8 Å². The maximum Gasteiger partial charge on any atom is 0.471 e. The van der Waals surface area contributed by atoms with Gasteiger partial charge in [-0.05, 0) is 18.1 Å². The Morgan fingerprint density at radius 1 is 1.33 bits per heavy atom. The molecule has 1 aromatic carbocycles. The summed E-state index contributed by atoms with van der Waals surface area (Å²) in [6.07, 6.45) is -4.35. The number of hydrogen-bond acceptors (Lipinski definition) is 2. The zero-order chi connectivity index (χ0) is 13.8. The molecular weight excluding hydrogens is 245 g/mol. The molecule has 0 fully saturated rings. The smallest absolute Gasteiger partial charge is 0.329 e. The van der Waals surface area contributed by atoms with Crippen molar-refractivity contribution >= 4 is 11.6 Å². The van der Waals surface area contributed by atoms with E-state index in [1.807, 2.05) is 6.92 Å². The molecule has 3 nitrogen and oxygen atoms in total.